The molecule has 0 aliphatic carbocycles. The maximum absolute atomic E-state index is 13.1. The third-order valence-corrected chi connectivity index (χ3v) is 8.38. The summed E-state index contributed by atoms with van der Waals surface area (Å²) >= 11 is 1.25. The number of benzene rings is 2. The molecule has 1 fully saturated rings. The second-order valence-corrected chi connectivity index (χ2v) is 10.3. The Morgan fingerprint density at radius 1 is 1.10 bits per heavy atom. The van der Waals surface area contributed by atoms with Crippen molar-refractivity contribution in [3.63, 3.8) is 0 Å². The zero-order chi connectivity index (χ0) is 22.0. The van der Waals surface area contributed by atoms with Crippen LogP contribution in [0.25, 0.3) is 10.1 Å². The Bertz CT molecular complexity index is 1220. The molecule has 0 spiro atoms. The standard InChI is InChI=1S/C22H22N2O5S2/c1-29-22(26)20-19(17-11-5-6-12-18(17)30-20)23-21(25)15-8-7-13-24(14-15)31(27,28)16-9-3-2-4-10-16/h2-6,9-12,15H,7-8,13-14H2,1H3,(H,23,25). The fraction of sp³-hybridized carbons (Fsp3) is 0.273. The number of carbonyl (C=O) groups is 2. The Balaban J connectivity index is 1.58. The van der Waals surface area contributed by atoms with Gasteiger partial charge in [-0.15, -0.1) is 11.3 Å². The first-order valence-electron chi connectivity index (χ1n) is 9.87. The van der Waals surface area contributed by atoms with Crippen molar-refractivity contribution in [2.75, 3.05) is 25.5 Å². The summed E-state index contributed by atoms with van der Waals surface area (Å²) in [6.45, 7) is 0.467. The van der Waals surface area contributed by atoms with Crippen molar-refractivity contribution < 1.29 is 22.7 Å². The second kappa shape index (κ2) is 8.78. The van der Waals surface area contributed by atoms with Crippen molar-refractivity contribution in [2.45, 2.75) is 17.7 Å². The molecule has 2 aromatic carbocycles. The van der Waals surface area contributed by atoms with E-state index >= 15 is 0 Å². The average molecular weight is 459 g/mol. The number of hydrogen-bond acceptors (Lipinski definition) is 6. The molecular weight excluding hydrogens is 436 g/mol. The summed E-state index contributed by atoms with van der Waals surface area (Å²) in [7, 11) is -2.37. The molecular formula is C22H22N2O5S2. The van der Waals surface area contributed by atoms with E-state index < -0.39 is 21.9 Å². The molecule has 2 heterocycles. The van der Waals surface area contributed by atoms with E-state index in [0.717, 1.165) is 10.1 Å². The summed E-state index contributed by atoms with van der Waals surface area (Å²) < 4.78 is 33.0. The summed E-state index contributed by atoms with van der Waals surface area (Å²) in [5, 5.41) is 3.63. The SMILES string of the molecule is COC(=O)c1sc2ccccc2c1NC(=O)C1CCCN(S(=O)(=O)c2ccccc2)C1. The largest absolute Gasteiger partial charge is 0.465 e. The van der Waals surface area contributed by atoms with Crippen LogP contribution in [0.5, 0.6) is 0 Å². The minimum Gasteiger partial charge on any atom is -0.465 e. The molecule has 1 unspecified atom stereocenters. The van der Waals surface area contributed by atoms with Crippen LogP contribution in [0.1, 0.15) is 22.5 Å². The van der Waals surface area contributed by atoms with Crippen molar-refractivity contribution in [3.05, 3.63) is 59.5 Å². The molecule has 1 aliphatic heterocycles. The van der Waals surface area contributed by atoms with Gasteiger partial charge in [0.1, 0.15) is 4.88 Å². The summed E-state index contributed by atoms with van der Waals surface area (Å²) in [4.78, 5) is 25.9. The number of esters is 1. The highest BCUT2D eigenvalue weighted by Gasteiger charge is 2.34. The van der Waals surface area contributed by atoms with Crippen LogP contribution in [0.3, 0.4) is 0 Å². The molecule has 31 heavy (non-hydrogen) atoms. The number of piperidine rings is 1. The lowest BCUT2D eigenvalue weighted by Gasteiger charge is -2.31. The zero-order valence-electron chi connectivity index (χ0n) is 16.9. The molecule has 162 valence electrons. The number of ether oxygens (including phenoxy) is 1. The monoisotopic (exact) mass is 458 g/mol. The van der Waals surface area contributed by atoms with Gasteiger partial charge in [-0.3, -0.25) is 4.79 Å². The molecule has 1 saturated heterocycles. The minimum absolute atomic E-state index is 0.0959. The van der Waals surface area contributed by atoms with Gasteiger partial charge in [0, 0.05) is 23.2 Å². The van der Waals surface area contributed by atoms with Crippen LogP contribution in [0.2, 0.25) is 0 Å². The first kappa shape index (κ1) is 21.5. The summed E-state index contributed by atoms with van der Waals surface area (Å²) in [6.07, 6.45) is 1.15. The zero-order valence-corrected chi connectivity index (χ0v) is 18.5. The lowest BCUT2D eigenvalue weighted by Crippen LogP contribution is -2.43. The van der Waals surface area contributed by atoms with Crippen LogP contribution in [-0.4, -0.2) is 44.8 Å². The van der Waals surface area contributed by atoms with E-state index in [9.17, 15) is 18.0 Å². The Kier molecular flexibility index (Phi) is 6.08. The van der Waals surface area contributed by atoms with Gasteiger partial charge in [-0.1, -0.05) is 36.4 Å². The molecule has 7 nitrogen and oxygen atoms in total. The van der Waals surface area contributed by atoms with Gasteiger partial charge in [0.2, 0.25) is 15.9 Å². The Labute approximate surface area is 184 Å². The Hall–Kier alpha value is -2.75. The lowest BCUT2D eigenvalue weighted by atomic mass is 9.98. The molecule has 4 rings (SSSR count). The Morgan fingerprint density at radius 3 is 2.55 bits per heavy atom. The molecule has 0 bridgehead atoms. The van der Waals surface area contributed by atoms with Gasteiger partial charge in [0.25, 0.3) is 0 Å². The van der Waals surface area contributed by atoms with Crippen molar-refractivity contribution in [1.29, 1.82) is 0 Å². The van der Waals surface area contributed by atoms with Gasteiger partial charge in [-0.05, 0) is 31.0 Å². The first-order chi connectivity index (χ1) is 14.9. The maximum atomic E-state index is 13.1. The van der Waals surface area contributed by atoms with E-state index in [0.29, 0.717) is 30.0 Å². The van der Waals surface area contributed by atoms with Crippen molar-refractivity contribution in [2.24, 2.45) is 5.92 Å². The number of rotatable bonds is 5. The quantitative estimate of drug-likeness (QED) is 0.588. The number of carbonyl (C=O) groups excluding carboxylic acids is 2. The van der Waals surface area contributed by atoms with Crippen LogP contribution in [-0.2, 0) is 19.6 Å². The van der Waals surface area contributed by atoms with Gasteiger partial charge in [-0.25, -0.2) is 13.2 Å². The Morgan fingerprint density at radius 2 is 1.81 bits per heavy atom. The third-order valence-electron chi connectivity index (χ3n) is 5.35. The van der Waals surface area contributed by atoms with E-state index in [1.54, 1.807) is 30.3 Å². The predicted molar refractivity (Wildman–Crippen MR) is 120 cm³/mol. The van der Waals surface area contributed by atoms with Gasteiger partial charge in [0.05, 0.1) is 23.6 Å². The number of fused-ring (bicyclic) bond motifs is 1. The minimum atomic E-state index is -3.67. The van der Waals surface area contributed by atoms with E-state index in [1.165, 1.54) is 22.8 Å². The summed E-state index contributed by atoms with van der Waals surface area (Å²) in [6, 6.07) is 15.6. The van der Waals surface area contributed by atoms with E-state index in [-0.39, 0.29) is 17.3 Å². The van der Waals surface area contributed by atoms with Crippen LogP contribution >= 0.6 is 11.3 Å². The maximum Gasteiger partial charge on any atom is 0.350 e. The van der Waals surface area contributed by atoms with Crippen molar-refractivity contribution in [1.82, 2.24) is 4.31 Å². The normalized spacial score (nSPS) is 17.4. The highest BCUT2D eigenvalue weighted by Crippen LogP contribution is 2.37. The molecule has 1 atom stereocenters. The highest BCUT2D eigenvalue weighted by molar-refractivity contribution is 7.89. The number of sulfonamides is 1. The first-order valence-corrected chi connectivity index (χ1v) is 12.1. The second-order valence-electron chi connectivity index (χ2n) is 7.30. The summed E-state index contributed by atoms with van der Waals surface area (Å²) in [5.41, 5.74) is 0.417. The number of methoxy groups -OCH3 is 1. The van der Waals surface area contributed by atoms with Crippen LogP contribution in [0, 0.1) is 5.92 Å². The van der Waals surface area contributed by atoms with Gasteiger partial charge in [0.15, 0.2) is 0 Å². The van der Waals surface area contributed by atoms with Gasteiger partial charge >= 0.3 is 5.97 Å². The number of nitrogens with one attached hydrogen (secondary N) is 1. The number of hydrogen-bond donors (Lipinski definition) is 1. The van der Waals surface area contributed by atoms with Crippen LogP contribution in [0.4, 0.5) is 5.69 Å². The van der Waals surface area contributed by atoms with Gasteiger partial charge in [-0.2, -0.15) is 4.31 Å². The molecule has 0 radical (unpaired) electrons. The van der Waals surface area contributed by atoms with Crippen molar-refractivity contribution in [3.8, 4) is 0 Å². The smallest absolute Gasteiger partial charge is 0.350 e. The fourth-order valence-corrected chi connectivity index (χ4v) is 6.37. The molecule has 9 heteroatoms. The fourth-order valence-electron chi connectivity index (χ4n) is 3.75. The molecule has 1 N–H and O–H groups in total. The predicted octanol–water partition coefficient (Wildman–Crippen LogP) is 3.73. The van der Waals surface area contributed by atoms with Crippen LogP contribution in [0.15, 0.2) is 59.5 Å². The molecule has 1 aliphatic rings. The van der Waals surface area contributed by atoms with E-state index in [1.807, 2.05) is 24.3 Å². The average Bonchev–Trinajstić information content (AvgIpc) is 3.17. The third kappa shape index (κ3) is 4.21. The lowest BCUT2D eigenvalue weighted by molar-refractivity contribution is -0.120. The topological polar surface area (TPSA) is 92.8 Å². The number of anilines is 1. The number of nitrogens with zero attached hydrogens (tertiary/aromatic N) is 1. The summed E-state index contributed by atoms with van der Waals surface area (Å²) in [5.74, 6) is -1.34. The van der Waals surface area contributed by atoms with Gasteiger partial charge < -0.3 is 10.1 Å². The molecule has 0 saturated carbocycles. The number of amides is 1. The molecule has 1 amide bonds. The van der Waals surface area contributed by atoms with Crippen molar-refractivity contribution >= 4 is 49.0 Å². The van der Waals surface area contributed by atoms with E-state index in [2.05, 4.69) is 5.32 Å². The molecule has 1 aromatic heterocycles. The molecule has 3 aromatic rings. The van der Waals surface area contributed by atoms with E-state index in [4.69, 9.17) is 4.74 Å². The van der Waals surface area contributed by atoms with Crippen LogP contribution < -0.4 is 5.32 Å². The highest BCUT2D eigenvalue weighted by atomic mass is 32.2. The number of thiophene rings is 1.